The van der Waals surface area contributed by atoms with Gasteiger partial charge in [-0.1, -0.05) is 18.2 Å². The second kappa shape index (κ2) is 9.25. The molecule has 1 heterocycles. The maximum absolute atomic E-state index is 12.3. The number of hydrazine groups is 1. The molecular formula is C19H15N7O6. The lowest BCUT2D eigenvalue weighted by Crippen LogP contribution is -2.30. The van der Waals surface area contributed by atoms with E-state index in [1.807, 2.05) is 0 Å². The number of hydrogen-bond acceptors (Lipinski definition) is 10. The number of nitro benzene ring substituents is 1. The van der Waals surface area contributed by atoms with E-state index in [0.29, 0.717) is 11.3 Å². The van der Waals surface area contributed by atoms with Crippen molar-refractivity contribution in [2.24, 2.45) is 0 Å². The SMILES string of the molecule is CC(=O)c1cccc(Nc2ncnc(NNC(=O)c3cccc([N+](=O)[O-])c3)c2[N+](=O)[O-])c1. The first kappa shape index (κ1) is 21.8. The molecule has 0 fully saturated rings. The maximum Gasteiger partial charge on any atom is 0.355 e. The summed E-state index contributed by atoms with van der Waals surface area (Å²) in [5, 5.41) is 25.3. The first-order valence-corrected chi connectivity index (χ1v) is 8.94. The minimum atomic E-state index is -0.773. The minimum absolute atomic E-state index is 0.0391. The highest BCUT2D eigenvalue weighted by Gasteiger charge is 2.24. The molecule has 0 unspecified atom stereocenters. The topological polar surface area (TPSA) is 182 Å². The molecule has 162 valence electrons. The third-order valence-corrected chi connectivity index (χ3v) is 4.15. The van der Waals surface area contributed by atoms with Crippen LogP contribution >= 0.6 is 0 Å². The van der Waals surface area contributed by atoms with Crippen molar-refractivity contribution in [2.75, 3.05) is 10.7 Å². The Morgan fingerprint density at radius 1 is 0.906 bits per heavy atom. The highest BCUT2D eigenvalue weighted by Crippen LogP contribution is 2.31. The number of nitrogens with zero attached hydrogens (tertiary/aromatic N) is 4. The van der Waals surface area contributed by atoms with Gasteiger partial charge in [-0.05, 0) is 25.1 Å². The molecule has 13 heteroatoms. The number of Topliss-reactive ketones (excluding diaryl/α,β-unsaturated/α-hetero) is 1. The van der Waals surface area contributed by atoms with Gasteiger partial charge in [-0.25, -0.2) is 9.97 Å². The van der Waals surface area contributed by atoms with Crippen LogP contribution in [-0.2, 0) is 0 Å². The third kappa shape index (κ3) is 4.96. The number of carbonyl (C=O) groups excluding carboxylic acids is 2. The van der Waals surface area contributed by atoms with Crippen molar-refractivity contribution in [3.8, 4) is 0 Å². The van der Waals surface area contributed by atoms with Crippen LogP contribution < -0.4 is 16.2 Å². The average Bonchev–Trinajstić information content (AvgIpc) is 2.77. The number of benzene rings is 2. The summed E-state index contributed by atoms with van der Waals surface area (Å²) in [6.45, 7) is 1.39. The number of ketones is 1. The van der Waals surface area contributed by atoms with E-state index in [9.17, 15) is 29.8 Å². The predicted molar refractivity (Wildman–Crippen MR) is 113 cm³/mol. The molecule has 0 aliphatic heterocycles. The zero-order valence-electron chi connectivity index (χ0n) is 16.4. The number of amides is 1. The molecule has 0 saturated carbocycles. The van der Waals surface area contributed by atoms with E-state index >= 15 is 0 Å². The minimum Gasteiger partial charge on any atom is -0.334 e. The zero-order chi connectivity index (χ0) is 23.3. The number of anilines is 3. The lowest BCUT2D eigenvalue weighted by atomic mass is 10.1. The summed E-state index contributed by atoms with van der Waals surface area (Å²) >= 11 is 0. The highest BCUT2D eigenvalue weighted by atomic mass is 16.6. The normalized spacial score (nSPS) is 10.2. The number of aromatic nitrogens is 2. The molecule has 0 spiro atoms. The molecule has 0 bridgehead atoms. The van der Waals surface area contributed by atoms with E-state index in [1.165, 1.54) is 31.2 Å². The summed E-state index contributed by atoms with van der Waals surface area (Å²) in [7, 11) is 0. The number of non-ortho nitro benzene ring substituents is 1. The smallest absolute Gasteiger partial charge is 0.334 e. The van der Waals surface area contributed by atoms with Gasteiger partial charge < -0.3 is 5.32 Å². The van der Waals surface area contributed by atoms with Crippen molar-refractivity contribution >= 4 is 40.4 Å². The van der Waals surface area contributed by atoms with Crippen LogP contribution in [0, 0.1) is 20.2 Å². The fourth-order valence-corrected chi connectivity index (χ4v) is 2.64. The van der Waals surface area contributed by atoms with E-state index < -0.39 is 21.4 Å². The van der Waals surface area contributed by atoms with Crippen molar-refractivity contribution in [2.45, 2.75) is 6.92 Å². The molecule has 0 aliphatic carbocycles. The molecular weight excluding hydrogens is 422 g/mol. The van der Waals surface area contributed by atoms with Crippen LogP contribution in [0.3, 0.4) is 0 Å². The van der Waals surface area contributed by atoms with Gasteiger partial charge in [0.15, 0.2) is 5.78 Å². The number of nitrogens with one attached hydrogen (secondary N) is 3. The molecule has 3 rings (SSSR count). The Morgan fingerprint density at radius 3 is 2.28 bits per heavy atom. The van der Waals surface area contributed by atoms with E-state index in [4.69, 9.17) is 0 Å². The molecule has 13 nitrogen and oxygen atoms in total. The Morgan fingerprint density at radius 2 is 1.59 bits per heavy atom. The first-order valence-electron chi connectivity index (χ1n) is 8.94. The largest absolute Gasteiger partial charge is 0.355 e. The highest BCUT2D eigenvalue weighted by molar-refractivity contribution is 5.96. The van der Waals surface area contributed by atoms with Gasteiger partial charge in [0.25, 0.3) is 11.6 Å². The van der Waals surface area contributed by atoms with Crippen molar-refractivity contribution in [3.05, 3.63) is 86.2 Å². The van der Waals surface area contributed by atoms with Gasteiger partial charge in [0.2, 0.25) is 11.6 Å². The molecule has 2 aromatic carbocycles. The van der Waals surface area contributed by atoms with Crippen molar-refractivity contribution in [1.29, 1.82) is 0 Å². The summed E-state index contributed by atoms with van der Waals surface area (Å²) in [4.78, 5) is 52.6. The Kier molecular flexibility index (Phi) is 6.29. The van der Waals surface area contributed by atoms with Crippen molar-refractivity contribution in [1.82, 2.24) is 15.4 Å². The van der Waals surface area contributed by atoms with Crippen LogP contribution in [0.2, 0.25) is 0 Å². The van der Waals surface area contributed by atoms with Gasteiger partial charge >= 0.3 is 5.69 Å². The molecule has 1 aromatic heterocycles. The van der Waals surface area contributed by atoms with Crippen LogP contribution in [-0.4, -0.2) is 31.5 Å². The monoisotopic (exact) mass is 437 g/mol. The zero-order valence-corrected chi connectivity index (χ0v) is 16.4. The van der Waals surface area contributed by atoms with Gasteiger partial charge in [-0.2, -0.15) is 0 Å². The Bertz CT molecular complexity index is 1230. The van der Waals surface area contributed by atoms with Crippen molar-refractivity contribution in [3.63, 3.8) is 0 Å². The molecule has 3 aromatic rings. The summed E-state index contributed by atoms with van der Waals surface area (Å²) in [5.74, 6) is -1.46. The van der Waals surface area contributed by atoms with Gasteiger partial charge in [0.05, 0.1) is 9.85 Å². The Hall–Kier alpha value is -4.94. The first-order chi connectivity index (χ1) is 15.3. The number of rotatable bonds is 8. The van der Waals surface area contributed by atoms with Crippen molar-refractivity contribution < 1.29 is 19.4 Å². The lowest BCUT2D eigenvalue weighted by molar-refractivity contribution is -0.384. The van der Waals surface area contributed by atoms with Crippen LogP contribution in [0.25, 0.3) is 0 Å². The van der Waals surface area contributed by atoms with Gasteiger partial charge in [-0.3, -0.25) is 40.7 Å². The van der Waals surface area contributed by atoms with E-state index in [1.54, 1.807) is 18.2 Å². The Balaban J connectivity index is 1.83. The van der Waals surface area contributed by atoms with E-state index in [-0.39, 0.29) is 28.7 Å². The van der Waals surface area contributed by atoms with E-state index in [0.717, 1.165) is 12.4 Å². The quantitative estimate of drug-likeness (QED) is 0.269. The summed E-state index contributed by atoms with van der Waals surface area (Å²) < 4.78 is 0. The number of carbonyl (C=O) groups is 2. The molecule has 0 atom stereocenters. The van der Waals surface area contributed by atoms with Gasteiger partial charge in [0, 0.05) is 28.9 Å². The fraction of sp³-hybridized carbons (Fsp3) is 0.0526. The average molecular weight is 437 g/mol. The van der Waals surface area contributed by atoms with E-state index in [2.05, 4.69) is 26.1 Å². The Labute approximate surface area is 179 Å². The van der Waals surface area contributed by atoms with Crippen LogP contribution in [0.15, 0.2) is 54.9 Å². The molecule has 0 aliphatic rings. The molecule has 1 amide bonds. The molecule has 0 radical (unpaired) electrons. The van der Waals surface area contributed by atoms with Gasteiger partial charge in [-0.15, -0.1) is 0 Å². The number of nitro groups is 2. The van der Waals surface area contributed by atoms with Crippen LogP contribution in [0.4, 0.5) is 28.7 Å². The summed E-state index contributed by atoms with van der Waals surface area (Å²) in [6, 6.07) is 11.2. The third-order valence-electron chi connectivity index (χ3n) is 4.15. The van der Waals surface area contributed by atoms with Gasteiger partial charge in [0.1, 0.15) is 6.33 Å². The van der Waals surface area contributed by atoms with Crippen LogP contribution in [0.1, 0.15) is 27.6 Å². The summed E-state index contributed by atoms with van der Waals surface area (Å²) in [5.41, 5.74) is 4.44. The fourth-order valence-electron chi connectivity index (χ4n) is 2.64. The number of hydrogen-bond donors (Lipinski definition) is 3. The molecule has 3 N–H and O–H groups in total. The lowest BCUT2D eigenvalue weighted by Gasteiger charge is -2.11. The second-order valence-corrected chi connectivity index (χ2v) is 6.33. The maximum atomic E-state index is 12.3. The molecule has 0 saturated heterocycles. The standard InChI is InChI=1S/C19H15N7O6/c1-11(27)12-4-2-6-14(8-12)22-17-16(26(31)32)18(21-10-20-17)23-24-19(28)13-5-3-7-15(9-13)25(29)30/h2-10H,1H3,(H,24,28)(H2,20,21,22,23). The second-order valence-electron chi connectivity index (χ2n) is 6.33. The molecule has 32 heavy (non-hydrogen) atoms. The summed E-state index contributed by atoms with van der Waals surface area (Å²) in [6.07, 6.45) is 1.03. The van der Waals surface area contributed by atoms with Crippen LogP contribution in [0.5, 0.6) is 0 Å². The predicted octanol–water partition coefficient (Wildman–Crippen LogP) is 3.00.